The molecule has 0 aliphatic carbocycles. The van der Waals surface area contributed by atoms with Crippen LogP contribution in [0.15, 0.2) is 0 Å². The second-order valence-corrected chi connectivity index (χ2v) is 3.81. The third-order valence-electron chi connectivity index (χ3n) is 2.64. The highest BCUT2D eigenvalue weighted by Gasteiger charge is 2.45. The highest BCUT2D eigenvalue weighted by Crippen LogP contribution is 2.18. The van der Waals surface area contributed by atoms with Gasteiger partial charge in [-0.15, -0.1) is 0 Å². The molecule has 88 valence electrons. The number of amides is 4. The normalized spacial score (nSPS) is 26.0. The Labute approximate surface area is 93.2 Å². The fourth-order valence-electron chi connectivity index (χ4n) is 1.86. The molecule has 0 aromatic carbocycles. The smallest absolute Gasteiger partial charge is 0.252 e. The van der Waals surface area contributed by atoms with Crippen molar-refractivity contribution < 1.29 is 19.2 Å². The number of hydrogen-bond acceptors (Lipinski definition) is 4. The molecule has 6 nitrogen and oxygen atoms in total. The minimum absolute atomic E-state index is 0.485. The van der Waals surface area contributed by atoms with Crippen molar-refractivity contribution >= 4 is 23.6 Å². The summed E-state index contributed by atoms with van der Waals surface area (Å²) >= 11 is 0. The van der Waals surface area contributed by atoms with Crippen molar-refractivity contribution in [2.45, 2.75) is 39.8 Å². The number of piperazine rings is 1. The fourth-order valence-corrected chi connectivity index (χ4v) is 1.86. The Morgan fingerprint density at radius 3 is 1.31 bits per heavy atom. The van der Waals surface area contributed by atoms with Crippen molar-refractivity contribution in [1.82, 2.24) is 9.80 Å². The van der Waals surface area contributed by atoms with Gasteiger partial charge in [0, 0.05) is 13.8 Å². The third-order valence-corrected chi connectivity index (χ3v) is 2.64. The first-order valence-electron chi connectivity index (χ1n) is 4.96. The van der Waals surface area contributed by atoms with Crippen molar-refractivity contribution in [3.63, 3.8) is 0 Å². The standard InChI is InChI=1S/C10H14N2O4/c1-5-9(15)12(8(4)14)6(2)10(16)11(5)7(3)13/h5-6H,1-4H3. The minimum Gasteiger partial charge on any atom is -0.275 e. The molecule has 1 aliphatic rings. The summed E-state index contributed by atoms with van der Waals surface area (Å²) in [5, 5.41) is 0. The number of carbonyl (C=O) groups excluding carboxylic acids is 4. The molecule has 0 spiro atoms. The Morgan fingerprint density at radius 1 is 0.875 bits per heavy atom. The molecule has 2 atom stereocenters. The van der Waals surface area contributed by atoms with Crippen molar-refractivity contribution in [3.8, 4) is 0 Å². The Bertz CT molecular complexity index is 341. The lowest BCUT2D eigenvalue weighted by molar-refractivity contribution is -0.169. The molecule has 1 fully saturated rings. The first-order chi connectivity index (χ1) is 7.29. The summed E-state index contributed by atoms with van der Waals surface area (Å²) in [4.78, 5) is 47.9. The van der Waals surface area contributed by atoms with Gasteiger partial charge in [0.2, 0.25) is 11.8 Å². The molecule has 0 saturated carbocycles. The van der Waals surface area contributed by atoms with Crippen LogP contribution < -0.4 is 0 Å². The molecule has 1 aliphatic heterocycles. The minimum atomic E-state index is -0.912. The molecule has 4 amide bonds. The molecule has 0 aromatic rings. The van der Waals surface area contributed by atoms with E-state index in [9.17, 15) is 19.2 Å². The summed E-state index contributed by atoms with van der Waals surface area (Å²) in [6.07, 6.45) is 0. The molecule has 1 heterocycles. The van der Waals surface area contributed by atoms with E-state index in [4.69, 9.17) is 0 Å². The number of hydrogen-bond donors (Lipinski definition) is 0. The summed E-state index contributed by atoms with van der Waals surface area (Å²) in [5.41, 5.74) is 0. The average Bonchev–Trinajstić information content (AvgIpc) is 2.14. The fraction of sp³-hybridized carbons (Fsp3) is 0.600. The quantitative estimate of drug-likeness (QED) is 0.559. The molecule has 0 bridgehead atoms. The van der Waals surface area contributed by atoms with Crippen LogP contribution in [0.25, 0.3) is 0 Å². The van der Waals surface area contributed by atoms with E-state index in [1.54, 1.807) is 0 Å². The van der Waals surface area contributed by atoms with Gasteiger partial charge in [0.1, 0.15) is 12.1 Å². The zero-order chi connectivity index (χ0) is 12.6. The van der Waals surface area contributed by atoms with Gasteiger partial charge in [0.05, 0.1) is 0 Å². The maximum atomic E-state index is 11.8. The Kier molecular flexibility index (Phi) is 3.11. The van der Waals surface area contributed by atoms with Gasteiger partial charge in [-0.1, -0.05) is 0 Å². The predicted molar refractivity (Wildman–Crippen MR) is 54.0 cm³/mol. The molecule has 2 unspecified atom stereocenters. The van der Waals surface area contributed by atoms with Gasteiger partial charge in [0.15, 0.2) is 0 Å². The van der Waals surface area contributed by atoms with Gasteiger partial charge in [-0.2, -0.15) is 0 Å². The molecule has 1 rings (SSSR count). The largest absolute Gasteiger partial charge is 0.275 e. The van der Waals surface area contributed by atoms with Crippen LogP contribution in [0.1, 0.15) is 27.7 Å². The maximum Gasteiger partial charge on any atom is 0.252 e. The zero-order valence-electron chi connectivity index (χ0n) is 9.68. The first-order valence-corrected chi connectivity index (χ1v) is 4.96. The maximum absolute atomic E-state index is 11.8. The Hall–Kier alpha value is -1.72. The molecule has 1 saturated heterocycles. The summed E-state index contributed by atoms with van der Waals surface area (Å²) in [7, 11) is 0. The van der Waals surface area contributed by atoms with Crippen molar-refractivity contribution in [3.05, 3.63) is 0 Å². The predicted octanol–water partition coefficient (Wildman–Crippen LogP) is -0.473. The molecule has 0 radical (unpaired) electrons. The van der Waals surface area contributed by atoms with E-state index in [0.29, 0.717) is 0 Å². The third kappa shape index (κ3) is 1.70. The van der Waals surface area contributed by atoms with Gasteiger partial charge in [-0.3, -0.25) is 29.0 Å². The van der Waals surface area contributed by atoms with Crippen molar-refractivity contribution in [2.75, 3.05) is 0 Å². The van der Waals surface area contributed by atoms with Crippen LogP contribution in [0, 0.1) is 0 Å². The Balaban J connectivity index is 3.14. The van der Waals surface area contributed by atoms with E-state index >= 15 is 0 Å². The summed E-state index contributed by atoms with van der Waals surface area (Å²) < 4.78 is 0. The van der Waals surface area contributed by atoms with E-state index in [2.05, 4.69) is 0 Å². The number of rotatable bonds is 0. The van der Waals surface area contributed by atoms with Crippen LogP contribution in [-0.2, 0) is 19.2 Å². The molecular weight excluding hydrogens is 212 g/mol. The van der Waals surface area contributed by atoms with Crippen LogP contribution in [0.2, 0.25) is 0 Å². The average molecular weight is 226 g/mol. The van der Waals surface area contributed by atoms with E-state index in [1.807, 2.05) is 0 Å². The highest BCUT2D eigenvalue weighted by molar-refractivity contribution is 6.10. The second kappa shape index (κ2) is 4.03. The van der Waals surface area contributed by atoms with Crippen LogP contribution in [0.3, 0.4) is 0 Å². The molecular formula is C10H14N2O4. The lowest BCUT2D eigenvalue weighted by Gasteiger charge is -2.39. The van der Waals surface area contributed by atoms with Crippen LogP contribution in [-0.4, -0.2) is 45.5 Å². The lowest BCUT2D eigenvalue weighted by atomic mass is 10.1. The van der Waals surface area contributed by atoms with Gasteiger partial charge in [-0.05, 0) is 13.8 Å². The lowest BCUT2D eigenvalue weighted by Crippen LogP contribution is -2.65. The molecule has 0 aromatic heterocycles. The monoisotopic (exact) mass is 226 g/mol. The summed E-state index contributed by atoms with van der Waals surface area (Å²) in [5.74, 6) is -2.01. The number of imide groups is 2. The van der Waals surface area contributed by atoms with E-state index in [-0.39, 0.29) is 0 Å². The van der Waals surface area contributed by atoms with E-state index < -0.39 is 35.7 Å². The van der Waals surface area contributed by atoms with E-state index in [1.165, 1.54) is 27.7 Å². The van der Waals surface area contributed by atoms with Crippen molar-refractivity contribution in [1.29, 1.82) is 0 Å². The topological polar surface area (TPSA) is 74.8 Å². The Morgan fingerprint density at radius 2 is 1.12 bits per heavy atom. The van der Waals surface area contributed by atoms with Gasteiger partial charge in [-0.25, -0.2) is 0 Å². The van der Waals surface area contributed by atoms with Gasteiger partial charge < -0.3 is 0 Å². The van der Waals surface area contributed by atoms with Gasteiger partial charge in [0.25, 0.3) is 11.8 Å². The zero-order valence-corrected chi connectivity index (χ0v) is 9.68. The van der Waals surface area contributed by atoms with Crippen LogP contribution in [0.4, 0.5) is 0 Å². The molecule has 0 N–H and O–H groups in total. The highest BCUT2D eigenvalue weighted by atomic mass is 16.2. The SMILES string of the molecule is CC(=O)N1C(=O)C(C)N(C(C)=O)C(=O)C1C. The van der Waals surface area contributed by atoms with Crippen molar-refractivity contribution in [2.24, 2.45) is 0 Å². The summed E-state index contributed by atoms with van der Waals surface area (Å²) in [6, 6.07) is -1.82. The molecule has 16 heavy (non-hydrogen) atoms. The van der Waals surface area contributed by atoms with E-state index in [0.717, 1.165) is 9.80 Å². The number of nitrogens with zero attached hydrogens (tertiary/aromatic N) is 2. The molecule has 6 heteroatoms. The number of carbonyl (C=O) groups is 4. The van der Waals surface area contributed by atoms with Crippen LogP contribution in [0.5, 0.6) is 0 Å². The van der Waals surface area contributed by atoms with Crippen LogP contribution >= 0.6 is 0 Å². The first kappa shape index (κ1) is 12.4. The second-order valence-electron chi connectivity index (χ2n) is 3.81. The van der Waals surface area contributed by atoms with Gasteiger partial charge >= 0.3 is 0 Å². The summed E-state index contributed by atoms with van der Waals surface area (Å²) in [6.45, 7) is 5.31.